The molecule has 21 heavy (non-hydrogen) atoms. The number of nitro groups is 1. The fraction of sp³-hybridized carbons (Fsp3) is 0. The molecule has 1 heterocycles. The van der Waals surface area contributed by atoms with Crippen molar-refractivity contribution >= 4 is 23.1 Å². The second-order valence-corrected chi connectivity index (χ2v) is 3.96. The first-order chi connectivity index (χ1) is 9.88. The van der Waals surface area contributed by atoms with E-state index in [1.165, 1.54) is 0 Å². The number of amides is 1. The Hall–Kier alpha value is -3.10. The number of aromatic nitrogens is 1. The van der Waals surface area contributed by atoms with Gasteiger partial charge in [0.15, 0.2) is 5.82 Å². The van der Waals surface area contributed by atoms with E-state index in [4.69, 9.17) is 5.73 Å². The van der Waals surface area contributed by atoms with E-state index in [9.17, 15) is 23.7 Å². The zero-order valence-electron chi connectivity index (χ0n) is 10.3. The van der Waals surface area contributed by atoms with Crippen molar-refractivity contribution in [3.05, 3.63) is 57.8 Å². The van der Waals surface area contributed by atoms with Crippen LogP contribution in [0, 0.1) is 21.7 Å². The first kappa shape index (κ1) is 14.3. The summed E-state index contributed by atoms with van der Waals surface area (Å²) in [6.45, 7) is 0. The Morgan fingerprint density at radius 2 is 2.05 bits per heavy atom. The van der Waals surface area contributed by atoms with Gasteiger partial charge in [-0.15, -0.1) is 0 Å². The van der Waals surface area contributed by atoms with Gasteiger partial charge in [0.25, 0.3) is 11.6 Å². The van der Waals surface area contributed by atoms with Gasteiger partial charge in [0.2, 0.25) is 0 Å². The summed E-state index contributed by atoms with van der Waals surface area (Å²) in [4.78, 5) is 25.0. The van der Waals surface area contributed by atoms with Gasteiger partial charge in [-0.05, 0) is 12.1 Å². The molecule has 2 aromatic rings. The fourth-order valence-corrected chi connectivity index (χ4v) is 1.54. The summed E-state index contributed by atoms with van der Waals surface area (Å²) in [7, 11) is 0. The van der Waals surface area contributed by atoms with E-state index >= 15 is 0 Å². The number of rotatable bonds is 3. The monoisotopic (exact) mass is 294 g/mol. The summed E-state index contributed by atoms with van der Waals surface area (Å²) >= 11 is 0. The van der Waals surface area contributed by atoms with Gasteiger partial charge in [-0.2, -0.15) is 0 Å². The Kier molecular flexibility index (Phi) is 3.74. The average molecular weight is 294 g/mol. The van der Waals surface area contributed by atoms with Crippen molar-refractivity contribution in [2.45, 2.75) is 0 Å². The maximum absolute atomic E-state index is 13.6. The number of halogens is 2. The molecular weight excluding hydrogens is 286 g/mol. The number of anilines is 2. The average Bonchev–Trinajstić information content (AvgIpc) is 2.43. The summed E-state index contributed by atoms with van der Waals surface area (Å²) < 4.78 is 26.6. The molecule has 108 valence electrons. The molecule has 0 saturated carbocycles. The Bertz CT molecular complexity index is 736. The summed E-state index contributed by atoms with van der Waals surface area (Å²) in [5.41, 5.74) is 4.40. The summed E-state index contributed by atoms with van der Waals surface area (Å²) in [6, 6.07) is 3.55. The molecule has 2 rings (SSSR count). The van der Waals surface area contributed by atoms with E-state index in [1.807, 2.05) is 0 Å². The number of benzene rings is 1. The van der Waals surface area contributed by atoms with Crippen LogP contribution in [-0.4, -0.2) is 15.8 Å². The molecule has 0 aliphatic heterocycles. The quantitative estimate of drug-likeness (QED) is 0.665. The lowest BCUT2D eigenvalue weighted by Crippen LogP contribution is -2.16. The molecule has 0 bridgehead atoms. The second kappa shape index (κ2) is 5.49. The molecule has 0 fully saturated rings. The number of carbonyl (C=O) groups excluding carboxylic acids is 1. The van der Waals surface area contributed by atoms with Crippen LogP contribution in [0.4, 0.5) is 26.0 Å². The minimum atomic E-state index is -1.000. The van der Waals surface area contributed by atoms with Gasteiger partial charge in [-0.1, -0.05) is 0 Å². The predicted molar refractivity (Wildman–Crippen MR) is 69.6 cm³/mol. The Labute approximate surface area is 116 Å². The molecule has 1 amide bonds. The number of nitrogens with zero attached hydrogens (tertiary/aromatic N) is 2. The van der Waals surface area contributed by atoms with Gasteiger partial charge < -0.3 is 11.1 Å². The van der Waals surface area contributed by atoms with Crippen LogP contribution in [0.25, 0.3) is 0 Å². The zero-order chi connectivity index (χ0) is 15.6. The summed E-state index contributed by atoms with van der Waals surface area (Å²) in [5.74, 6) is -2.89. The lowest BCUT2D eigenvalue weighted by Gasteiger charge is -2.07. The van der Waals surface area contributed by atoms with Crippen molar-refractivity contribution in [2.24, 2.45) is 0 Å². The third-order valence-electron chi connectivity index (χ3n) is 2.54. The smallest absolute Gasteiger partial charge is 0.272 e. The van der Waals surface area contributed by atoms with Gasteiger partial charge >= 0.3 is 0 Å². The molecule has 0 atom stereocenters. The highest BCUT2D eigenvalue weighted by Crippen LogP contribution is 2.21. The fourth-order valence-electron chi connectivity index (χ4n) is 1.54. The van der Waals surface area contributed by atoms with Crippen LogP contribution < -0.4 is 11.1 Å². The van der Waals surface area contributed by atoms with Crippen molar-refractivity contribution in [1.29, 1.82) is 0 Å². The standard InChI is InChI=1S/C12H8F2N4O3/c13-6-3-8(11(15)16-5-6)12(19)17-10-2-1-7(18(20)21)4-9(10)14/h1-5H,(H2,15,16)(H,17,19). The number of pyridine rings is 1. The van der Waals surface area contributed by atoms with Gasteiger partial charge in [0, 0.05) is 6.07 Å². The topological polar surface area (TPSA) is 111 Å². The number of carbonyl (C=O) groups is 1. The molecule has 0 aliphatic carbocycles. The van der Waals surface area contributed by atoms with Crippen LogP contribution in [-0.2, 0) is 0 Å². The van der Waals surface area contributed by atoms with E-state index in [-0.39, 0.29) is 17.1 Å². The molecule has 0 aliphatic rings. The third kappa shape index (κ3) is 3.08. The van der Waals surface area contributed by atoms with Crippen LogP contribution in [0.5, 0.6) is 0 Å². The molecule has 1 aromatic carbocycles. The zero-order valence-corrected chi connectivity index (χ0v) is 10.3. The summed E-state index contributed by atoms with van der Waals surface area (Å²) in [5, 5.41) is 12.6. The van der Waals surface area contributed by atoms with Crippen molar-refractivity contribution in [2.75, 3.05) is 11.1 Å². The molecule has 0 spiro atoms. The normalized spacial score (nSPS) is 10.2. The third-order valence-corrected chi connectivity index (χ3v) is 2.54. The van der Waals surface area contributed by atoms with Crippen LogP contribution in [0.1, 0.15) is 10.4 Å². The number of hydrogen-bond acceptors (Lipinski definition) is 5. The van der Waals surface area contributed by atoms with Crippen LogP contribution >= 0.6 is 0 Å². The minimum absolute atomic E-state index is 0.226. The van der Waals surface area contributed by atoms with E-state index < -0.39 is 28.2 Å². The SMILES string of the molecule is Nc1ncc(F)cc1C(=O)Nc1ccc([N+](=O)[O-])cc1F. The Morgan fingerprint density at radius 1 is 1.33 bits per heavy atom. The number of hydrogen-bond donors (Lipinski definition) is 2. The molecule has 9 heteroatoms. The van der Waals surface area contributed by atoms with Crippen molar-refractivity contribution in [3.8, 4) is 0 Å². The predicted octanol–water partition coefficient (Wildman–Crippen LogP) is 2.10. The van der Waals surface area contributed by atoms with Crippen molar-refractivity contribution in [3.63, 3.8) is 0 Å². The Morgan fingerprint density at radius 3 is 2.67 bits per heavy atom. The summed E-state index contributed by atoms with van der Waals surface area (Å²) in [6.07, 6.45) is 0.832. The number of nitrogens with two attached hydrogens (primary N) is 1. The molecule has 7 nitrogen and oxygen atoms in total. The maximum atomic E-state index is 13.6. The highest BCUT2D eigenvalue weighted by atomic mass is 19.1. The van der Waals surface area contributed by atoms with Gasteiger partial charge in [-0.25, -0.2) is 13.8 Å². The highest BCUT2D eigenvalue weighted by Gasteiger charge is 2.16. The number of nitrogen functional groups attached to an aromatic ring is 1. The lowest BCUT2D eigenvalue weighted by molar-refractivity contribution is -0.385. The van der Waals surface area contributed by atoms with Crippen molar-refractivity contribution in [1.82, 2.24) is 4.98 Å². The molecular formula is C12H8F2N4O3. The lowest BCUT2D eigenvalue weighted by atomic mass is 10.2. The number of nitrogens with one attached hydrogen (secondary N) is 1. The molecule has 0 unspecified atom stereocenters. The van der Waals surface area contributed by atoms with Gasteiger partial charge in [0.05, 0.1) is 28.4 Å². The van der Waals surface area contributed by atoms with Crippen LogP contribution in [0.15, 0.2) is 30.5 Å². The molecule has 0 radical (unpaired) electrons. The van der Waals surface area contributed by atoms with E-state index in [2.05, 4.69) is 10.3 Å². The number of non-ortho nitro benzene ring substituents is 1. The molecule has 1 aromatic heterocycles. The van der Waals surface area contributed by atoms with Crippen molar-refractivity contribution < 1.29 is 18.5 Å². The second-order valence-electron chi connectivity index (χ2n) is 3.96. The van der Waals surface area contributed by atoms with Crippen LogP contribution in [0.3, 0.4) is 0 Å². The van der Waals surface area contributed by atoms with Gasteiger partial charge in [0.1, 0.15) is 11.6 Å². The minimum Gasteiger partial charge on any atom is -0.383 e. The maximum Gasteiger partial charge on any atom is 0.272 e. The van der Waals surface area contributed by atoms with Crippen LogP contribution in [0.2, 0.25) is 0 Å². The number of nitro benzene ring substituents is 1. The first-order valence-electron chi connectivity index (χ1n) is 5.55. The Balaban J connectivity index is 2.27. The molecule has 3 N–H and O–H groups in total. The largest absolute Gasteiger partial charge is 0.383 e. The van der Waals surface area contributed by atoms with E-state index in [1.54, 1.807) is 0 Å². The van der Waals surface area contributed by atoms with E-state index in [0.29, 0.717) is 6.07 Å². The first-order valence-corrected chi connectivity index (χ1v) is 5.55. The van der Waals surface area contributed by atoms with E-state index in [0.717, 1.165) is 24.4 Å². The molecule has 0 saturated heterocycles. The highest BCUT2D eigenvalue weighted by molar-refractivity contribution is 6.07. The van der Waals surface area contributed by atoms with Gasteiger partial charge in [-0.3, -0.25) is 14.9 Å².